The van der Waals surface area contributed by atoms with Gasteiger partial charge in [-0.05, 0) is 62.9 Å². The molecule has 0 saturated heterocycles. The summed E-state index contributed by atoms with van der Waals surface area (Å²) in [5, 5.41) is 9.67. The molecule has 41 heavy (non-hydrogen) atoms. The average Bonchev–Trinajstić information content (AvgIpc) is 3.34. The number of hydrogen-bond donors (Lipinski definition) is 3. The average molecular weight is 569 g/mol. The van der Waals surface area contributed by atoms with Gasteiger partial charge in [-0.25, -0.2) is 14.8 Å². The zero-order chi connectivity index (χ0) is 28.5. The van der Waals surface area contributed by atoms with E-state index in [9.17, 15) is 14.4 Å². The Morgan fingerprint density at radius 1 is 1.10 bits per heavy atom. The molecule has 2 aliphatic rings. The number of carbonyl (C=O) groups is 3. The molecule has 4 aromatic rings. The van der Waals surface area contributed by atoms with Gasteiger partial charge in [0, 0.05) is 24.3 Å². The minimum Gasteiger partial charge on any atom is -0.439 e. The van der Waals surface area contributed by atoms with Gasteiger partial charge in [-0.15, -0.1) is 11.3 Å². The van der Waals surface area contributed by atoms with Crippen LogP contribution in [0.15, 0.2) is 67.4 Å². The molecule has 2 unspecified atom stereocenters. The summed E-state index contributed by atoms with van der Waals surface area (Å²) < 4.78 is 5.86. The van der Waals surface area contributed by atoms with Gasteiger partial charge >= 0.3 is 6.03 Å². The fraction of sp³-hybridized carbons (Fsp3) is 0.233. The maximum Gasteiger partial charge on any atom is 0.331 e. The molecular weight excluding hydrogens is 540 g/mol. The minimum absolute atomic E-state index is 0.0248. The molecular formula is C30H28N6O4S. The monoisotopic (exact) mass is 568 g/mol. The van der Waals surface area contributed by atoms with Gasteiger partial charge in [-0.2, -0.15) is 0 Å². The van der Waals surface area contributed by atoms with E-state index in [1.165, 1.54) is 17.4 Å². The summed E-state index contributed by atoms with van der Waals surface area (Å²) >= 11 is 1.24. The Morgan fingerprint density at radius 2 is 1.88 bits per heavy atom. The number of amides is 4. The maximum atomic E-state index is 13.5. The molecule has 208 valence electrons. The van der Waals surface area contributed by atoms with E-state index in [0.717, 1.165) is 19.3 Å². The number of nitrogens with zero attached hydrogens (tertiary/aromatic N) is 3. The smallest absolute Gasteiger partial charge is 0.331 e. The van der Waals surface area contributed by atoms with E-state index in [0.29, 0.717) is 55.9 Å². The number of anilines is 3. The quantitative estimate of drug-likeness (QED) is 0.241. The van der Waals surface area contributed by atoms with Crippen LogP contribution in [0.3, 0.4) is 0 Å². The summed E-state index contributed by atoms with van der Waals surface area (Å²) in [4.78, 5) is 50.4. The van der Waals surface area contributed by atoms with Crippen molar-refractivity contribution >= 4 is 56.5 Å². The van der Waals surface area contributed by atoms with Crippen LogP contribution < -0.4 is 25.6 Å². The van der Waals surface area contributed by atoms with Gasteiger partial charge in [0.15, 0.2) is 0 Å². The lowest BCUT2D eigenvalue weighted by atomic mass is 9.91. The molecule has 3 aromatic heterocycles. The first-order valence-electron chi connectivity index (χ1n) is 13.4. The van der Waals surface area contributed by atoms with Crippen LogP contribution >= 0.6 is 11.3 Å². The number of aryl methyl sites for hydroxylation is 1. The zero-order valence-electron chi connectivity index (χ0n) is 22.3. The van der Waals surface area contributed by atoms with E-state index in [1.54, 1.807) is 29.3 Å². The van der Waals surface area contributed by atoms with Gasteiger partial charge in [-0.1, -0.05) is 24.8 Å². The van der Waals surface area contributed by atoms with Crippen LogP contribution in [0.1, 0.15) is 41.0 Å². The van der Waals surface area contributed by atoms with Crippen LogP contribution in [-0.4, -0.2) is 39.9 Å². The molecule has 1 aliphatic heterocycles. The molecule has 0 bridgehead atoms. The molecule has 2 atom stereocenters. The summed E-state index contributed by atoms with van der Waals surface area (Å²) in [7, 11) is 0. The number of nitrogens with one attached hydrogen (secondary N) is 3. The Bertz CT molecular complexity index is 1670. The highest BCUT2D eigenvalue weighted by atomic mass is 32.1. The van der Waals surface area contributed by atoms with E-state index in [1.807, 2.05) is 37.3 Å². The number of aromatic nitrogens is 2. The van der Waals surface area contributed by atoms with Gasteiger partial charge in [0.25, 0.3) is 5.91 Å². The Balaban J connectivity index is 1.27. The van der Waals surface area contributed by atoms with E-state index in [4.69, 9.17) is 4.74 Å². The highest BCUT2D eigenvalue weighted by molar-refractivity contribution is 7.21. The standard InChI is InChI=1S/C30H28N6O4S/c1-3-23(37)33-18-8-7-9-19(16-18)34-28(38)27-26-25-22(14-15-31-29(25)41-27)36(30(39)35-26)21-12-13-24(32-17(21)2)40-20-10-5-4-6-11-20/h3-6,10-15,18-19H,1,7-9,16H2,2H3,(H,33,37)(H,34,38)(H,35,39). The lowest BCUT2D eigenvalue weighted by Crippen LogP contribution is -2.45. The molecule has 11 heteroatoms. The second-order valence-electron chi connectivity index (χ2n) is 10.00. The van der Waals surface area contributed by atoms with Crippen molar-refractivity contribution in [3.05, 3.63) is 78.0 Å². The highest BCUT2D eigenvalue weighted by Crippen LogP contribution is 2.46. The molecule has 1 saturated carbocycles. The van der Waals surface area contributed by atoms with Gasteiger partial charge in [0.1, 0.15) is 15.5 Å². The zero-order valence-corrected chi connectivity index (χ0v) is 23.2. The first kappa shape index (κ1) is 26.5. The molecule has 6 rings (SSSR count). The first-order valence-corrected chi connectivity index (χ1v) is 14.2. The SMILES string of the molecule is C=CC(=O)NC1CCCC(NC(=O)c2sc3nccc4c3c2NC(=O)N4c2ccc(Oc3ccccc3)nc2C)C1. The summed E-state index contributed by atoms with van der Waals surface area (Å²) in [5.74, 6) is 0.589. The fourth-order valence-corrected chi connectivity index (χ4v) is 6.40. The number of ether oxygens (including phenoxy) is 1. The van der Waals surface area contributed by atoms with Crippen molar-refractivity contribution < 1.29 is 19.1 Å². The van der Waals surface area contributed by atoms with Crippen LogP contribution in [0.2, 0.25) is 0 Å². The van der Waals surface area contributed by atoms with Crippen LogP contribution in [0.25, 0.3) is 10.2 Å². The molecule has 0 radical (unpaired) electrons. The number of benzene rings is 1. The molecule has 1 aliphatic carbocycles. The maximum absolute atomic E-state index is 13.5. The molecule has 1 fully saturated rings. The molecule has 3 N–H and O–H groups in total. The molecule has 4 heterocycles. The number of pyridine rings is 2. The van der Waals surface area contributed by atoms with Crippen LogP contribution in [0.5, 0.6) is 11.6 Å². The third-order valence-electron chi connectivity index (χ3n) is 7.23. The van der Waals surface area contributed by atoms with Gasteiger partial charge in [-0.3, -0.25) is 14.5 Å². The predicted molar refractivity (Wildman–Crippen MR) is 158 cm³/mol. The van der Waals surface area contributed by atoms with Crippen molar-refractivity contribution in [3.63, 3.8) is 0 Å². The summed E-state index contributed by atoms with van der Waals surface area (Å²) in [6.45, 7) is 5.32. The second kappa shape index (κ2) is 11.0. The van der Waals surface area contributed by atoms with E-state index in [2.05, 4.69) is 32.5 Å². The molecule has 0 spiro atoms. The van der Waals surface area contributed by atoms with E-state index >= 15 is 0 Å². The first-order chi connectivity index (χ1) is 19.9. The minimum atomic E-state index is -0.399. The normalized spacial score (nSPS) is 18.0. The molecule has 1 aromatic carbocycles. The van der Waals surface area contributed by atoms with Crippen LogP contribution in [0, 0.1) is 6.92 Å². The Morgan fingerprint density at radius 3 is 2.63 bits per heavy atom. The topological polar surface area (TPSA) is 126 Å². The summed E-state index contributed by atoms with van der Waals surface area (Å²) in [6.07, 6.45) is 6.07. The Labute approximate surface area is 240 Å². The van der Waals surface area contributed by atoms with Crippen molar-refractivity contribution in [2.75, 3.05) is 10.2 Å². The highest BCUT2D eigenvalue weighted by Gasteiger charge is 2.34. The molecule has 10 nitrogen and oxygen atoms in total. The number of carbonyl (C=O) groups excluding carboxylic acids is 3. The van der Waals surface area contributed by atoms with Crippen molar-refractivity contribution in [2.24, 2.45) is 0 Å². The van der Waals surface area contributed by atoms with Gasteiger partial charge in [0.2, 0.25) is 11.8 Å². The van der Waals surface area contributed by atoms with Crippen LogP contribution in [0.4, 0.5) is 21.9 Å². The number of urea groups is 1. The lowest BCUT2D eigenvalue weighted by molar-refractivity contribution is -0.117. The molecule has 4 amide bonds. The predicted octanol–water partition coefficient (Wildman–Crippen LogP) is 5.82. The van der Waals surface area contributed by atoms with Crippen molar-refractivity contribution in [3.8, 4) is 11.6 Å². The number of hydrogen-bond acceptors (Lipinski definition) is 7. The van der Waals surface area contributed by atoms with Gasteiger partial charge < -0.3 is 20.7 Å². The third-order valence-corrected chi connectivity index (χ3v) is 8.33. The third kappa shape index (κ3) is 5.23. The van der Waals surface area contributed by atoms with Crippen molar-refractivity contribution in [1.29, 1.82) is 0 Å². The second-order valence-corrected chi connectivity index (χ2v) is 11.0. The van der Waals surface area contributed by atoms with E-state index in [-0.39, 0.29) is 23.9 Å². The number of thiophene rings is 1. The number of rotatable bonds is 7. The van der Waals surface area contributed by atoms with Crippen LogP contribution in [-0.2, 0) is 4.79 Å². The van der Waals surface area contributed by atoms with E-state index < -0.39 is 6.03 Å². The van der Waals surface area contributed by atoms with Crippen molar-refractivity contribution in [1.82, 2.24) is 20.6 Å². The summed E-state index contributed by atoms with van der Waals surface area (Å²) in [6, 6.07) is 14.1. The fourth-order valence-electron chi connectivity index (χ4n) is 5.38. The van der Waals surface area contributed by atoms with Crippen molar-refractivity contribution in [2.45, 2.75) is 44.7 Å². The Hall–Kier alpha value is -4.77. The number of para-hydroxylation sites is 1. The Kier molecular flexibility index (Phi) is 7.10. The summed E-state index contributed by atoms with van der Waals surface area (Å²) in [5.41, 5.74) is 2.27. The largest absolute Gasteiger partial charge is 0.439 e. The lowest BCUT2D eigenvalue weighted by Gasteiger charge is -2.30. The van der Waals surface area contributed by atoms with Gasteiger partial charge in [0.05, 0.1) is 28.1 Å².